The van der Waals surface area contributed by atoms with Gasteiger partial charge in [0.05, 0.1) is 13.2 Å². The van der Waals surface area contributed by atoms with E-state index in [1.807, 2.05) is 6.92 Å². The Morgan fingerprint density at radius 2 is 2.13 bits per heavy atom. The average molecular weight is 324 g/mol. The maximum absolute atomic E-state index is 13.6. The summed E-state index contributed by atoms with van der Waals surface area (Å²) in [6.45, 7) is 6.83. The van der Waals surface area contributed by atoms with Crippen molar-refractivity contribution >= 4 is 5.91 Å². The molecule has 1 N–H and O–H groups in total. The number of amides is 1. The van der Waals surface area contributed by atoms with E-state index in [0.29, 0.717) is 13.0 Å². The molecule has 6 heteroatoms. The van der Waals surface area contributed by atoms with Gasteiger partial charge in [-0.25, -0.2) is 4.39 Å². The second-order valence-corrected chi connectivity index (χ2v) is 5.54. The van der Waals surface area contributed by atoms with Gasteiger partial charge >= 0.3 is 0 Å². The Labute approximate surface area is 136 Å². The lowest BCUT2D eigenvalue weighted by atomic mass is 10.2. The maximum Gasteiger partial charge on any atom is 0.261 e. The molecule has 2 rings (SSSR count). The van der Waals surface area contributed by atoms with Gasteiger partial charge in [0.2, 0.25) is 0 Å². The summed E-state index contributed by atoms with van der Waals surface area (Å²) in [7, 11) is 0. The minimum Gasteiger partial charge on any atom is -0.478 e. The highest BCUT2D eigenvalue weighted by molar-refractivity contribution is 5.81. The fourth-order valence-electron chi connectivity index (χ4n) is 2.47. The van der Waals surface area contributed by atoms with Crippen molar-refractivity contribution in [3.63, 3.8) is 0 Å². The van der Waals surface area contributed by atoms with E-state index in [1.54, 1.807) is 12.1 Å². The van der Waals surface area contributed by atoms with Crippen molar-refractivity contribution in [2.45, 2.75) is 25.9 Å². The molecule has 128 valence electrons. The minimum atomic E-state index is -0.671. The molecule has 0 spiro atoms. The first kappa shape index (κ1) is 17.7. The van der Waals surface area contributed by atoms with Crippen molar-refractivity contribution in [2.24, 2.45) is 0 Å². The molecule has 0 unspecified atom stereocenters. The topological polar surface area (TPSA) is 50.8 Å². The van der Waals surface area contributed by atoms with Crippen LogP contribution in [0.3, 0.4) is 0 Å². The molecule has 1 atom stereocenters. The molecule has 0 aromatic heterocycles. The van der Waals surface area contributed by atoms with Crippen LogP contribution in [0.5, 0.6) is 5.75 Å². The number of hydrogen-bond acceptors (Lipinski definition) is 4. The molecule has 1 saturated heterocycles. The van der Waals surface area contributed by atoms with Crippen molar-refractivity contribution in [3.8, 4) is 5.75 Å². The lowest BCUT2D eigenvalue weighted by molar-refractivity contribution is -0.128. The summed E-state index contributed by atoms with van der Waals surface area (Å²) in [5.74, 6) is -0.536. The van der Waals surface area contributed by atoms with E-state index in [1.165, 1.54) is 12.1 Å². The quantitative estimate of drug-likeness (QED) is 0.741. The molecule has 1 aliphatic heterocycles. The number of nitrogens with zero attached hydrogens (tertiary/aromatic N) is 1. The Balaban J connectivity index is 1.71. The summed E-state index contributed by atoms with van der Waals surface area (Å²) in [5.41, 5.74) is 0. The van der Waals surface area contributed by atoms with E-state index < -0.39 is 11.9 Å². The summed E-state index contributed by atoms with van der Waals surface area (Å²) in [6, 6.07) is 6.13. The van der Waals surface area contributed by atoms with E-state index in [9.17, 15) is 9.18 Å². The number of benzene rings is 1. The van der Waals surface area contributed by atoms with Gasteiger partial charge in [-0.05, 0) is 31.5 Å². The lowest BCUT2D eigenvalue weighted by Gasteiger charge is -2.26. The van der Waals surface area contributed by atoms with Crippen LogP contribution in [0.15, 0.2) is 24.3 Å². The van der Waals surface area contributed by atoms with Crippen LogP contribution in [0.4, 0.5) is 4.39 Å². The number of rotatable bonds is 8. The van der Waals surface area contributed by atoms with Gasteiger partial charge in [0, 0.05) is 19.6 Å². The predicted octanol–water partition coefficient (Wildman–Crippen LogP) is 1.82. The van der Waals surface area contributed by atoms with Crippen LogP contribution in [0.1, 0.15) is 19.8 Å². The predicted molar refractivity (Wildman–Crippen MR) is 86.0 cm³/mol. The second kappa shape index (κ2) is 9.47. The summed E-state index contributed by atoms with van der Waals surface area (Å²) < 4.78 is 24.4. The molecule has 5 nitrogen and oxygen atoms in total. The van der Waals surface area contributed by atoms with E-state index in [0.717, 1.165) is 39.3 Å². The zero-order valence-electron chi connectivity index (χ0n) is 13.6. The largest absolute Gasteiger partial charge is 0.478 e. The Kier molecular flexibility index (Phi) is 7.29. The van der Waals surface area contributed by atoms with Crippen LogP contribution >= 0.6 is 0 Å². The summed E-state index contributed by atoms with van der Waals surface area (Å²) in [4.78, 5) is 14.5. The van der Waals surface area contributed by atoms with Gasteiger partial charge in [-0.1, -0.05) is 19.1 Å². The van der Waals surface area contributed by atoms with Crippen LogP contribution < -0.4 is 10.1 Å². The molecule has 0 radical (unpaired) electrons. The molecule has 0 bridgehead atoms. The van der Waals surface area contributed by atoms with Crippen LogP contribution in [0.25, 0.3) is 0 Å². The van der Waals surface area contributed by atoms with Crippen molar-refractivity contribution < 1.29 is 18.7 Å². The fraction of sp³-hybridized carbons (Fsp3) is 0.588. The Bertz CT molecular complexity index is 492. The molecule has 1 aromatic carbocycles. The maximum atomic E-state index is 13.6. The van der Waals surface area contributed by atoms with Gasteiger partial charge in [0.1, 0.15) is 0 Å². The van der Waals surface area contributed by atoms with Crippen LogP contribution in [-0.4, -0.2) is 56.3 Å². The zero-order chi connectivity index (χ0) is 16.5. The number of halogens is 1. The Hall–Kier alpha value is -1.66. The van der Waals surface area contributed by atoms with Crippen LogP contribution in [0, 0.1) is 5.82 Å². The van der Waals surface area contributed by atoms with Gasteiger partial charge in [0.15, 0.2) is 17.7 Å². The van der Waals surface area contributed by atoms with Crippen molar-refractivity contribution in [3.05, 3.63) is 30.1 Å². The third kappa shape index (κ3) is 5.80. The molecule has 1 aliphatic rings. The molecule has 1 amide bonds. The second-order valence-electron chi connectivity index (χ2n) is 5.54. The highest BCUT2D eigenvalue weighted by Crippen LogP contribution is 2.18. The Morgan fingerprint density at radius 3 is 2.83 bits per heavy atom. The molecule has 0 aliphatic carbocycles. The molecular weight excluding hydrogens is 299 g/mol. The van der Waals surface area contributed by atoms with Gasteiger partial charge < -0.3 is 14.8 Å². The van der Waals surface area contributed by atoms with E-state index in [-0.39, 0.29) is 11.7 Å². The molecular formula is C17H25FN2O3. The highest BCUT2D eigenvalue weighted by atomic mass is 19.1. The van der Waals surface area contributed by atoms with Gasteiger partial charge in [-0.2, -0.15) is 0 Å². The first-order valence-corrected chi connectivity index (χ1v) is 8.19. The number of carbonyl (C=O) groups excluding carboxylic acids is 1. The molecule has 1 heterocycles. The van der Waals surface area contributed by atoms with Crippen molar-refractivity contribution in [1.29, 1.82) is 0 Å². The molecule has 1 aromatic rings. The monoisotopic (exact) mass is 324 g/mol. The van der Waals surface area contributed by atoms with Crippen LogP contribution in [-0.2, 0) is 9.53 Å². The molecule has 23 heavy (non-hydrogen) atoms. The third-order valence-corrected chi connectivity index (χ3v) is 3.82. The summed E-state index contributed by atoms with van der Waals surface area (Å²) in [6.07, 6.45) is 0.696. The lowest BCUT2D eigenvalue weighted by Crippen LogP contribution is -2.41. The van der Waals surface area contributed by atoms with Gasteiger partial charge in [0.25, 0.3) is 5.91 Å². The number of carbonyl (C=O) groups is 1. The number of nitrogens with one attached hydrogen (secondary N) is 1. The number of para-hydroxylation sites is 1. The average Bonchev–Trinajstić information content (AvgIpc) is 2.59. The third-order valence-electron chi connectivity index (χ3n) is 3.82. The fourth-order valence-corrected chi connectivity index (χ4v) is 2.47. The normalized spacial score (nSPS) is 16.8. The zero-order valence-corrected chi connectivity index (χ0v) is 13.6. The van der Waals surface area contributed by atoms with Gasteiger partial charge in [-0.15, -0.1) is 0 Å². The van der Waals surface area contributed by atoms with E-state index >= 15 is 0 Å². The summed E-state index contributed by atoms with van der Waals surface area (Å²) >= 11 is 0. The Morgan fingerprint density at radius 1 is 1.39 bits per heavy atom. The summed E-state index contributed by atoms with van der Waals surface area (Å²) in [5, 5.41) is 2.87. The van der Waals surface area contributed by atoms with E-state index in [2.05, 4.69) is 10.2 Å². The number of ether oxygens (including phenoxy) is 2. The van der Waals surface area contributed by atoms with Crippen LogP contribution in [0.2, 0.25) is 0 Å². The first-order valence-electron chi connectivity index (χ1n) is 8.19. The van der Waals surface area contributed by atoms with Crippen molar-refractivity contribution in [1.82, 2.24) is 10.2 Å². The van der Waals surface area contributed by atoms with E-state index in [4.69, 9.17) is 9.47 Å². The smallest absolute Gasteiger partial charge is 0.261 e. The van der Waals surface area contributed by atoms with Gasteiger partial charge in [-0.3, -0.25) is 9.69 Å². The first-order chi connectivity index (χ1) is 11.2. The standard InChI is InChI=1S/C17H25FN2O3/c1-2-15(23-16-7-4-3-6-14(16)18)17(21)19-8-5-9-20-10-12-22-13-11-20/h3-4,6-7,15H,2,5,8-13H2,1H3,(H,19,21)/t15-/m1/s1. The number of morpholine rings is 1. The minimum absolute atomic E-state index is 0.114. The number of hydrogen-bond donors (Lipinski definition) is 1. The SMILES string of the molecule is CC[C@@H](Oc1ccccc1F)C(=O)NCCCN1CCOCC1. The highest BCUT2D eigenvalue weighted by Gasteiger charge is 2.19. The molecule has 1 fully saturated rings. The van der Waals surface area contributed by atoms with Crippen molar-refractivity contribution in [2.75, 3.05) is 39.4 Å². The molecule has 0 saturated carbocycles.